The van der Waals surface area contributed by atoms with Gasteiger partial charge in [0.15, 0.2) is 12.4 Å². The number of hydrogen-bond donors (Lipinski definition) is 4. The van der Waals surface area contributed by atoms with E-state index in [2.05, 4.69) is 47.3 Å². The van der Waals surface area contributed by atoms with Crippen molar-refractivity contribution in [3.8, 4) is 0 Å². The molecule has 4 fully saturated rings. The summed E-state index contributed by atoms with van der Waals surface area (Å²) in [6.07, 6.45) is 2.85. The predicted molar refractivity (Wildman–Crippen MR) is 167 cm³/mol. The van der Waals surface area contributed by atoms with Gasteiger partial charge < -0.3 is 34.6 Å². The van der Waals surface area contributed by atoms with E-state index in [1.807, 2.05) is 0 Å². The largest absolute Gasteiger partial charge is 0.457 e. The van der Waals surface area contributed by atoms with Crippen LogP contribution in [0.3, 0.4) is 0 Å². The SMILES string of the molecule is C=C(CCC(C)C1C(O)CC2C3CC=C4CC(OC5OC(C)C(O)C(OC(C)=O)C5O)CCC4(C)C3C(O)CC21C)C(C)C. The number of carbonyl (C=O) groups is 1. The van der Waals surface area contributed by atoms with Crippen LogP contribution < -0.4 is 0 Å². The molecule has 15 atom stereocenters. The van der Waals surface area contributed by atoms with Crippen molar-refractivity contribution >= 4 is 5.97 Å². The van der Waals surface area contributed by atoms with Crippen LogP contribution in [0.5, 0.6) is 0 Å². The lowest BCUT2D eigenvalue weighted by atomic mass is 9.46. The first kappa shape index (κ1) is 34.1. The van der Waals surface area contributed by atoms with Crippen LogP contribution in [0.4, 0.5) is 0 Å². The van der Waals surface area contributed by atoms with Crippen LogP contribution >= 0.6 is 0 Å². The molecule has 0 aromatic rings. The minimum atomic E-state index is -1.30. The van der Waals surface area contributed by atoms with E-state index in [-0.39, 0.29) is 34.9 Å². The van der Waals surface area contributed by atoms with Crippen LogP contribution in [0, 0.1) is 46.3 Å². The summed E-state index contributed by atoms with van der Waals surface area (Å²) in [7, 11) is 0. The van der Waals surface area contributed by atoms with Crippen LogP contribution in [0.2, 0.25) is 0 Å². The monoisotopic (exact) mass is 618 g/mol. The van der Waals surface area contributed by atoms with Gasteiger partial charge in [-0.1, -0.05) is 58.4 Å². The molecule has 0 spiro atoms. The first-order chi connectivity index (χ1) is 20.6. The lowest BCUT2D eigenvalue weighted by molar-refractivity contribution is -0.307. The van der Waals surface area contributed by atoms with Crippen molar-refractivity contribution in [1.82, 2.24) is 0 Å². The number of carbonyl (C=O) groups excluding carboxylic acids is 1. The molecule has 8 heteroatoms. The first-order valence-electron chi connectivity index (χ1n) is 17.2. The maximum Gasteiger partial charge on any atom is 0.303 e. The average Bonchev–Trinajstić information content (AvgIpc) is 3.21. The van der Waals surface area contributed by atoms with Crippen molar-refractivity contribution in [3.05, 3.63) is 23.8 Å². The molecular formula is C36H58O8. The van der Waals surface area contributed by atoms with Gasteiger partial charge in [-0.2, -0.15) is 0 Å². The second-order valence-electron chi connectivity index (χ2n) is 15.9. The quantitative estimate of drug-likeness (QED) is 0.223. The maximum atomic E-state index is 11.9. The highest BCUT2D eigenvalue weighted by Crippen LogP contribution is 2.67. The standard InChI is InChI=1S/C36H58O8/c1-18(2)19(3)9-10-20(4)29-27(38)16-26-25-12-11-23-15-24(13-14-35(23,7)30(25)28(39)17-36(26,29)8)44-34-32(41)33(43-22(6)37)31(40)21(5)42-34/h11,18,20-21,24-34,38-41H,3,9-10,12-17H2,1-2,4-8H3. The van der Waals surface area contributed by atoms with E-state index in [9.17, 15) is 25.2 Å². The first-order valence-corrected chi connectivity index (χ1v) is 17.2. The molecule has 4 aliphatic carbocycles. The Labute approximate surface area is 264 Å². The third-order valence-electron chi connectivity index (χ3n) is 12.9. The van der Waals surface area contributed by atoms with Gasteiger partial charge >= 0.3 is 5.97 Å². The summed E-state index contributed by atoms with van der Waals surface area (Å²) >= 11 is 0. The van der Waals surface area contributed by atoms with Gasteiger partial charge in [-0.15, -0.1) is 0 Å². The third kappa shape index (κ3) is 5.97. The molecule has 1 saturated heterocycles. The molecule has 0 aromatic carbocycles. The van der Waals surface area contributed by atoms with Crippen LogP contribution in [-0.4, -0.2) is 75.4 Å². The van der Waals surface area contributed by atoms with Crippen LogP contribution in [-0.2, 0) is 19.0 Å². The zero-order chi connectivity index (χ0) is 32.3. The number of aliphatic hydroxyl groups excluding tert-OH is 4. The number of rotatable bonds is 8. The number of aliphatic hydroxyl groups is 4. The topological polar surface area (TPSA) is 126 Å². The van der Waals surface area contributed by atoms with E-state index in [0.717, 1.165) is 44.9 Å². The fourth-order valence-electron chi connectivity index (χ4n) is 10.5. The van der Waals surface area contributed by atoms with Gasteiger partial charge in [-0.3, -0.25) is 4.79 Å². The molecule has 5 rings (SSSR count). The van der Waals surface area contributed by atoms with E-state index >= 15 is 0 Å². The van der Waals surface area contributed by atoms with Crippen molar-refractivity contribution in [1.29, 1.82) is 0 Å². The normalized spacial score (nSPS) is 47.7. The molecule has 3 saturated carbocycles. The highest BCUT2D eigenvalue weighted by atomic mass is 16.7. The van der Waals surface area contributed by atoms with E-state index < -0.39 is 42.8 Å². The van der Waals surface area contributed by atoms with Crippen molar-refractivity contribution in [2.24, 2.45) is 46.3 Å². The summed E-state index contributed by atoms with van der Waals surface area (Å²) in [6.45, 7) is 18.5. The Morgan fingerprint density at radius 3 is 2.50 bits per heavy atom. The van der Waals surface area contributed by atoms with Gasteiger partial charge in [0.25, 0.3) is 0 Å². The van der Waals surface area contributed by atoms with Crippen molar-refractivity contribution in [2.45, 2.75) is 149 Å². The molecule has 8 nitrogen and oxygen atoms in total. The van der Waals surface area contributed by atoms with Gasteiger partial charge in [0, 0.05) is 6.92 Å². The molecule has 44 heavy (non-hydrogen) atoms. The molecule has 5 aliphatic rings. The Balaban J connectivity index is 1.29. The number of esters is 1. The molecule has 250 valence electrons. The van der Waals surface area contributed by atoms with Crippen LogP contribution in [0.25, 0.3) is 0 Å². The lowest BCUT2D eigenvalue weighted by Gasteiger charge is -2.60. The highest BCUT2D eigenvalue weighted by Gasteiger charge is 2.64. The molecule has 0 radical (unpaired) electrons. The molecule has 15 unspecified atom stereocenters. The summed E-state index contributed by atoms with van der Waals surface area (Å²) in [5, 5.41) is 44.8. The zero-order valence-corrected chi connectivity index (χ0v) is 27.9. The summed E-state index contributed by atoms with van der Waals surface area (Å²) in [5.41, 5.74) is 2.30. The van der Waals surface area contributed by atoms with E-state index in [1.54, 1.807) is 6.92 Å². The molecule has 1 aliphatic heterocycles. The molecule has 1 heterocycles. The number of hydrogen-bond acceptors (Lipinski definition) is 8. The number of ether oxygens (including phenoxy) is 3. The predicted octanol–water partition coefficient (Wildman–Crippen LogP) is 4.92. The zero-order valence-electron chi connectivity index (χ0n) is 27.9. The second-order valence-corrected chi connectivity index (χ2v) is 15.9. The second kappa shape index (κ2) is 12.7. The molecule has 0 aromatic heterocycles. The van der Waals surface area contributed by atoms with Gasteiger partial charge in [0.2, 0.25) is 0 Å². The Morgan fingerprint density at radius 2 is 1.84 bits per heavy atom. The van der Waals surface area contributed by atoms with Crippen molar-refractivity contribution in [2.75, 3.05) is 0 Å². The molecule has 0 amide bonds. The summed E-state index contributed by atoms with van der Waals surface area (Å²) in [6, 6.07) is 0. The van der Waals surface area contributed by atoms with Gasteiger partial charge in [-0.05, 0) is 105 Å². The van der Waals surface area contributed by atoms with Crippen molar-refractivity contribution < 1.29 is 39.4 Å². The fraction of sp³-hybridized carbons (Fsp3) is 0.861. The maximum absolute atomic E-state index is 11.9. The lowest BCUT2D eigenvalue weighted by Crippen LogP contribution is -2.60. The van der Waals surface area contributed by atoms with E-state index in [0.29, 0.717) is 30.1 Å². The van der Waals surface area contributed by atoms with Crippen LogP contribution in [0.15, 0.2) is 23.8 Å². The van der Waals surface area contributed by atoms with E-state index in [1.165, 1.54) is 18.1 Å². The van der Waals surface area contributed by atoms with Gasteiger partial charge in [0.05, 0.1) is 24.4 Å². The smallest absolute Gasteiger partial charge is 0.303 e. The summed E-state index contributed by atoms with van der Waals surface area (Å²) in [5.74, 6) is 1.24. The number of fused-ring (bicyclic) bond motifs is 5. The Bertz CT molecular complexity index is 1100. The molecular weight excluding hydrogens is 560 g/mol. The Morgan fingerprint density at radius 1 is 1.14 bits per heavy atom. The fourth-order valence-corrected chi connectivity index (χ4v) is 10.5. The summed E-state index contributed by atoms with van der Waals surface area (Å²) in [4.78, 5) is 11.6. The van der Waals surface area contributed by atoms with E-state index in [4.69, 9.17) is 14.2 Å². The van der Waals surface area contributed by atoms with Gasteiger partial charge in [0.1, 0.15) is 12.2 Å². The Hall–Kier alpha value is -1.29. The minimum absolute atomic E-state index is 0.102. The van der Waals surface area contributed by atoms with Gasteiger partial charge in [-0.25, -0.2) is 0 Å². The molecule has 0 bridgehead atoms. The highest BCUT2D eigenvalue weighted by molar-refractivity contribution is 5.66. The van der Waals surface area contributed by atoms with Crippen molar-refractivity contribution in [3.63, 3.8) is 0 Å². The Kier molecular flexibility index (Phi) is 9.85. The molecule has 4 N–H and O–H groups in total. The average molecular weight is 619 g/mol. The third-order valence-corrected chi connectivity index (χ3v) is 12.9. The van der Waals surface area contributed by atoms with Crippen LogP contribution in [0.1, 0.15) is 99.8 Å². The number of allylic oxidation sites excluding steroid dienone is 2. The summed E-state index contributed by atoms with van der Waals surface area (Å²) < 4.78 is 17.4. The minimum Gasteiger partial charge on any atom is -0.457 e.